The first-order valence-corrected chi connectivity index (χ1v) is 5.49. The van der Waals surface area contributed by atoms with Crippen LogP contribution in [0.5, 0.6) is 0 Å². The van der Waals surface area contributed by atoms with Crippen molar-refractivity contribution in [2.75, 3.05) is 5.32 Å². The van der Waals surface area contributed by atoms with E-state index in [9.17, 15) is 9.59 Å². The fourth-order valence-corrected chi connectivity index (χ4v) is 1.69. The van der Waals surface area contributed by atoms with Crippen LogP contribution in [0.25, 0.3) is 0 Å². The van der Waals surface area contributed by atoms with Gasteiger partial charge in [0, 0.05) is 19.4 Å². The molecule has 2 aromatic heterocycles. The van der Waals surface area contributed by atoms with Crippen LogP contribution in [0.15, 0.2) is 24.5 Å². The first-order valence-electron chi connectivity index (χ1n) is 5.49. The van der Waals surface area contributed by atoms with Crippen molar-refractivity contribution in [3.05, 3.63) is 41.5 Å². The molecule has 98 valence electrons. The van der Waals surface area contributed by atoms with Crippen LogP contribution in [0.2, 0.25) is 0 Å². The second-order valence-corrected chi connectivity index (χ2v) is 3.96. The van der Waals surface area contributed by atoms with Crippen molar-refractivity contribution in [3.8, 4) is 0 Å². The highest BCUT2D eigenvalue weighted by Gasteiger charge is 2.17. The highest BCUT2D eigenvalue weighted by Crippen LogP contribution is 2.14. The van der Waals surface area contributed by atoms with E-state index in [1.165, 1.54) is 16.9 Å². The molecule has 2 aromatic rings. The first-order chi connectivity index (χ1) is 8.99. The molecule has 0 aromatic carbocycles. The van der Waals surface area contributed by atoms with Crippen molar-refractivity contribution in [1.29, 1.82) is 0 Å². The first kappa shape index (κ1) is 12.7. The Hall–Kier alpha value is -2.70. The number of hydrogen-bond donors (Lipinski definition) is 2. The molecular weight excluding hydrogens is 248 g/mol. The summed E-state index contributed by atoms with van der Waals surface area (Å²) in [5, 5.41) is 15.6. The van der Waals surface area contributed by atoms with Crippen LogP contribution in [0, 0.1) is 6.92 Å². The zero-order chi connectivity index (χ0) is 14.0. The van der Waals surface area contributed by atoms with Crippen molar-refractivity contribution in [2.45, 2.75) is 6.92 Å². The van der Waals surface area contributed by atoms with Gasteiger partial charge in [-0.05, 0) is 19.1 Å². The number of aromatic nitrogens is 3. The molecule has 0 radical (unpaired) electrons. The van der Waals surface area contributed by atoms with Crippen LogP contribution in [0.4, 0.5) is 5.69 Å². The predicted molar refractivity (Wildman–Crippen MR) is 67.1 cm³/mol. The van der Waals surface area contributed by atoms with Gasteiger partial charge in [0.15, 0.2) is 5.69 Å². The highest BCUT2D eigenvalue weighted by atomic mass is 16.4. The fraction of sp³-hybridized carbons (Fsp3) is 0.167. The van der Waals surface area contributed by atoms with E-state index in [4.69, 9.17) is 5.11 Å². The molecule has 19 heavy (non-hydrogen) atoms. The molecule has 1 amide bonds. The Morgan fingerprint density at radius 1 is 1.42 bits per heavy atom. The molecule has 7 heteroatoms. The van der Waals surface area contributed by atoms with E-state index < -0.39 is 11.9 Å². The number of carboxylic acids is 1. The van der Waals surface area contributed by atoms with E-state index in [0.29, 0.717) is 11.3 Å². The summed E-state index contributed by atoms with van der Waals surface area (Å²) in [5.41, 5.74) is 0.920. The normalized spacial score (nSPS) is 10.2. The number of rotatable bonds is 3. The lowest BCUT2D eigenvalue weighted by atomic mass is 10.2. The summed E-state index contributed by atoms with van der Waals surface area (Å²) < 4.78 is 1.52. The van der Waals surface area contributed by atoms with Crippen molar-refractivity contribution >= 4 is 17.6 Å². The number of carboxylic acid groups (broad SMARTS) is 1. The van der Waals surface area contributed by atoms with Crippen LogP contribution in [0.3, 0.4) is 0 Å². The van der Waals surface area contributed by atoms with Crippen molar-refractivity contribution in [3.63, 3.8) is 0 Å². The molecule has 0 aliphatic carbocycles. The number of carbonyl (C=O) groups is 2. The quantitative estimate of drug-likeness (QED) is 0.860. The fourth-order valence-electron chi connectivity index (χ4n) is 1.69. The molecule has 0 unspecified atom stereocenters. The number of anilines is 1. The maximum Gasteiger partial charge on any atom is 0.356 e. The molecule has 7 nitrogen and oxygen atoms in total. The number of nitrogens with one attached hydrogen (secondary N) is 1. The van der Waals surface area contributed by atoms with E-state index in [2.05, 4.69) is 15.4 Å². The third-order valence-electron chi connectivity index (χ3n) is 2.52. The molecule has 0 bridgehead atoms. The van der Waals surface area contributed by atoms with Gasteiger partial charge in [0.2, 0.25) is 0 Å². The van der Waals surface area contributed by atoms with Crippen molar-refractivity contribution < 1.29 is 14.7 Å². The highest BCUT2D eigenvalue weighted by molar-refractivity contribution is 6.07. The van der Waals surface area contributed by atoms with Crippen LogP contribution in [-0.2, 0) is 7.05 Å². The van der Waals surface area contributed by atoms with E-state index >= 15 is 0 Å². The molecular formula is C12H12N4O3. The summed E-state index contributed by atoms with van der Waals surface area (Å²) in [4.78, 5) is 26.7. The Balaban J connectivity index is 2.29. The van der Waals surface area contributed by atoms with E-state index in [-0.39, 0.29) is 11.4 Å². The maximum atomic E-state index is 12.0. The largest absolute Gasteiger partial charge is 0.476 e. The summed E-state index contributed by atoms with van der Waals surface area (Å²) in [6.07, 6.45) is 2.93. The average Bonchev–Trinajstić information content (AvgIpc) is 2.69. The number of amides is 1. The summed E-state index contributed by atoms with van der Waals surface area (Å²) in [6.45, 7) is 1.70. The number of aryl methyl sites for hydroxylation is 2. The molecule has 2 heterocycles. The summed E-state index contributed by atoms with van der Waals surface area (Å²) in [6, 6.07) is 3.04. The minimum atomic E-state index is -1.20. The Kier molecular flexibility index (Phi) is 3.28. The van der Waals surface area contributed by atoms with Crippen LogP contribution < -0.4 is 5.32 Å². The number of hydrogen-bond acceptors (Lipinski definition) is 4. The molecule has 0 aliphatic rings. The van der Waals surface area contributed by atoms with Gasteiger partial charge in [-0.1, -0.05) is 0 Å². The smallest absolute Gasteiger partial charge is 0.356 e. The third-order valence-corrected chi connectivity index (χ3v) is 2.52. The van der Waals surface area contributed by atoms with Gasteiger partial charge in [0.05, 0.1) is 16.9 Å². The van der Waals surface area contributed by atoms with E-state index in [1.807, 2.05) is 0 Å². The van der Waals surface area contributed by atoms with Crippen LogP contribution in [0.1, 0.15) is 26.5 Å². The zero-order valence-electron chi connectivity index (χ0n) is 10.4. The van der Waals surface area contributed by atoms with E-state index in [1.54, 1.807) is 26.2 Å². The summed E-state index contributed by atoms with van der Waals surface area (Å²) >= 11 is 0. The Labute approximate surface area is 108 Å². The van der Waals surface area contributed by atoms with Crippen LogP contribution >= 0.6 is 0 Å². The summed E-state index contributed by atoms with van der Waals surface area (Å²) in [5.74, 6) is -1.61. The number of pyridine rings is 1. The molecule has 0 fully saturated rings. The topological polar surface area (TPSA) is 97.1 Å². The molecule has 0 saturated carbocycles. The Bertz CT molecular complexity index is 648. The van der Waals surface area contributed by atoms with Gasteiger partial charge in [0.1, 0.15) is 0 Å². The molecule has 2 rings (SSSR count). The van der Waals surface area contributed by atoms with Gasteiger partial charge >= 0.3 is 5.97 Å². The minimum Gasteiger partial charge on any atom is -0.476 e. The zero-order valence-corrected chi connectivity index (χ0v) is 10.4. The van der Waals surface area contributed by atoms with Crippen molar-refractivity contribution in [1.82, 2.24) is 14.8 Å². The molecule has 0 atom stereocenters. The predicted octanol–water partition coefficient (Wildman–Crippen LogP) is 1.07. The second-order valence-electron chi connectivity index (χ2n) is 3.96. The maximum absolute atomic E-state index is 12.0. The lowest BCUT2D eigenvalue weighted by Crippen LogP contribution is -2.16. The SMILES string of the molecule is Cc1nn(C)cc1C(=O)Nc1cccnc1C(=O)O. The molecule has 0 saturated heterocycles. The van der Waals surface area contributed by atoms with Gasteiger partial charge in [-0.15, -0.1) is 0 Å². The molecule has 0 aliphatic heterocycles. The second kappa shape index (κ2) is 4.89. The lowest BCUT2D eigenvalue weighted by molar-refractivity contribution is 0.0692. The van der Waals surface area contributed by atoms with Gasteiger partial charge in [-0.3, -0.25) is 9.48 Å². The monoisotopic (exact) mass is 260 g/mol. The summed E-state index contributed by atoms with van der Waals surface area (Å²) in [7, 11) is 1.70. The van der Waals surface area contributed by atoms with Crippen LogP contribution in [-0.4, -0.2) is 31.7 Å². The minimum absolute atomic E-state index is 0.156. The van der Waals surface area contributed by atoms with Gasteiger partial charge in [0.25, 0.3) is 5.91 Å². The van der Waals surface area contributed by atoms with Gasteiger partial charge in [-0.2, -0.15) is 5.10 Å². The standard InChI is InChI=1S/C12H12N4O3/c1-7-8(6-16(2)15-7)11(17)14-9-4-3-5-13-10(9)12(18)19/h3-6H,1-2H3,(H,14,17)(H,18,19). The lowest BCUT2D eigenvalue weighted by Gasteiger charge is -2.06. The number of nitrogens with zero attached hydrogens (tertiary/aromatic N) is 3. The number of carbonyl (C=O) groups excluding carboxylic acids is 1. The average molecular weight is 260 g/mol. The van der Waals surface area contributed by atoms with E-state index in [0.717, 1.165) is 0 Å². The Morgan fingerprint density at radius 2 is 2.16 bits per heavy atom. The molecule has 2 N–H and O–H groups in total. The Morgan fingerprint density at radius 3 is 2.74 bits per heavy atom. The third kappa shape index (κ3) is 2.59. The van der Waals surface area contributed by atoms with Gasteiger partial charge < -0.3 is 10.4 Å². The number of aromatic carboxylic acids is 1. The van der Waals surface area contributed by atoms with Gasteiger partial charge in [-0.25, -0.2) is 9.78 Å². The molecule has 0 spiro atoms. The van der Waals surface area contributed by atoms with Crippen molar-refractivity contribution in [2.24, 2.45) is 7.05 Å².